The molecule has 154 valence electrons. The molecule has 0 saturated carbocycles. The fourth-order valence-corrected chi connectivity index (χ4v) is 4.14. The van der Waals surface area contributed by atoms with E-state index in [-0.39, 0.29) is 24.0 Å². The predicted molar refractivity (Wildman–Crippen MR) is 128 cm³/mol. The Morgan fingerprint density at radius 1 is 1.18 bits per heavy atom. The first-order valence-electron chi connectivity index (χ1n) is 9.20. The van der Waals surface area contributed by atoms with E-state index in [1.165, 1.54) is 5.00 Å². The van der Waals surface area contributed by atoms with Crippen molar-refractivity contribution in [2.75, 3.05) is 39.3 Å². The number of halogens is 1. The molecule has 1 aromatic carbocycles. The first-order valence-corrected chi connectivity index (χ1v) is 10.1. The van der Waals surface area contributed by atoms with Gasteiger partial charge in [-0.05, 0) is 36.4 Å². The van der Waals surface area contributed by atoms with Crippen LogP contribution >= 0.6 is 35.3 Å². The van der Waals surface area contributed by atoms with Gasteiger partial charge < -0.3 is 25.0 Å². The van der Waals surface area contributed by atoms with E-state index in [0.29, 0.717) is 12.6 Å². The number of hydrogen-bond acceptors (Lipinski definition) is 5. The number of anilines is 1. The number of piperidine rings is 1. The van der Waals surface area contributed by atoms with E-state index in [2.05, 4.69) is 38.0 Å². The van der Waals surface area contributed by atoms with Gasteiger partial charge in [-0.3, -0.25) is 4.99 Å². The van der Waals surface area contributed by atoms with Gasteiger partial charge in [0.1, 0.15) is 0 Å². The molecule has 0 bridgehead atoms. The highest BCUT2D eigenvalue weighted by atomic mass is 127. The molecule has 8 heteroatoms. The lowest BCUT2D eigenvalue weighted by Crippen LogP contribution is -2.48. The van der Waals surface area contributed by atoms with Crippen LogP contribution in [0, 0.1) is 0 Å². The van der Waals surface area contributed by atoms with Crippen LogP contribution in [0.15, 0.2) is 40.7 Å². The lowest BCUT2D eigenvalue weighted by atomic mass is 10.1. The summed E-state index contributed by atoms with van der Waals surface area (Å²) in [6.07, 6.45) is 2.20. The van der Waals surface area contributed by atoms with E-state index >= 15 is 0 Å². The zero-order chi connectivity index (χ0) is 19.1. The van der Waals surface area contributed by atoms with Gasteiger partial charge in [-0.25, -0.2) is 0 Å². The fourth-order valence-electron chi connectivity index (χ4n) is 3.35. The minimum absolute atomic E-state index is 0. The Balaban J connectivity index is 0.00000280. The molecule has 1 fully saturated rings. The summed E-state index contributed by atoms with van der Waals surface area (Å²) in [6, 6.07) is 10.6. The number of para-hydroxylation sites is 1. The monoisotopic (exact) mass is 516 g/mol. The van der Waals surface area contributed by atoms with Gasteiger partial charge in [0.15, 0.2) is 17.5 Å². The van der Waals surface area contributed by atoms with Crippen molar-refractivity contribution in [3.63, 3.8) is 0 Å². The second kappa shape index (κ2) is 11.4. The average Bonchev–Trinajstić information content (AvgIpc) is 3.26. The van der Waals surface area contributed by atoms with E-state index in [0.717, 1.165) is 49.0 Å². The summed E-state index contributed by atoms with van der Waals surface area (Å²) in [6.45, 7) is 2.76. The van der Waals surface area contributed by atoms with Crippen LogP contribution in [0.5, 0.6) is 11.5 Å². The van der Waals surface area contributed by atoms with Crippen LogP contribution in [0.2, 0.25) is 0 Å². The first kappa shape index (κ1) is 22.6. The number of nitrogens with one attached hydrogen (secondary N) is 2. The van der Waals surface area contributed by atoms with Crippen molar-refractivity contribution >= 4 is 46.3 Å². The number of nitrogens with zero attached hydrogens (tertiary/aromatic N) is 2. The van der Waals surface area contributed by atoms with E-state index in [9.17, 15) is 0 Å². The standard InChI is InChI=1S/C20H28N4O2S.HI/c1-21-20(22-14-15-6-4-7-17(25-2)19(15)26-3)23-16-9-11-24(12-10-16)18-8-5-13-27-18;/h4-8,13,16H,9-12,14H2,1-3H3,(H2,21,22,23);1H. The van der Waals surface area contributed by atoms with Crippen molar-refractivity contribution in [1.82, 2.24) is 10.6 Å². The third-order valence-corrected chi connectivity index (χ3v) is 5.74. The summed E-state index contributed by atoms with van der Waals surface area (Å²) in [5.74, 6) is 2.31. The molecule has 2 N–H and O–H groups in total. The largest absolute Gasteiger partial charge is 0.493 e. The van der Waals surface area contributed by atoms with Gasteiger partial charge in [-0.2, -0.15) is 0 Å². The number of methoxy groups -OCH3 is 2. The lowest BCUT2D eigenvalue weighted by Gasteiger charge is -2.33. The molecule has 0 spiro atoms. The molecule has 1 aliphatic heterocycles. The maximum absolute atomic E-state index is 5.50. The van der Waals surface area contributed by atoms with Gasteiger partial charge in [-0.15, -0.1) is 35.3 Å². The summed E-state index contributed by atoms with van der Waals surface area (Å²) >= 11 is 1.81. The average molecular weight is 516 g/mol. The first-order chi connectivity index (χ1) is 13.2. The number of aliphatic imine (C=N–C) groups is 1. The van der Waals surface area contributed by atoms with Gasteiger partial charge in [-0.1, -0.05) is 12.1 Å². The minimum Gasteiger partial charge on any atom is -0.493 e. The topological polar surface area (TPSA) is 58.1 Å². The fraction of sp³-hybridized carbons (Fsp3) is 0.450. The van der Waals surface area contributed by atoms with E-state index in [4.69, 9.17) is 9.47 Å². The Morgan fingerprint density at radius 2 is 1.96 bits per heavy atom. The van der Waals surface area contributed by atoms with Crippen LogP contribution in [0.25, 0.3) is 0 Å². The molecule has 0 radical (unpaired) electrons. The second-order valence-electron chi connectivity index (χ2n) is 6.44. The van der Waals surface area contributed by atoms with Crippen molar-refractivity contribution in [1.29, 1.82) is 0 Å². The van der Waals surface area contributed by atoms with Crippen LogP contribution in [-0.4, -0.2) is 46.4 Å². The van der Waals surface area contributed by atoms with Gasteiger partial charge in [0.2, 0.25) is 0 Å². The van der Waals surface area contributed by atoms with Crippen LogP contribution < -0.4 is 25.0 Å². The van der Waals surface area contributed by atoms with Crippen molar-refractivity contribution < 1.29 is 9.47 Å². The number of benzene rings is 1. The number of rotatable bonds is 6. The number of hydrogen-bond donors (Lipinski definition) is 2. The zero-order valence-corrected chi connectivity index (χ0v) is 19.8. The van der Waals surface area contributed by atoms with Crippen LogP contribution in [-0.2, 0) is 6.54 Å². The molecule has 28 heavy (non-hydrogen) atoms. The molecule has 0 amide bonds. The third kappa shape index (κ3) is 5.66. The summed E-state index contributed by atoms with van der Waals surface area (Å²) in [5.41, 5.74) is 1.03. The molecular formula is C20H29IN4O2S. The molecular weight excluding hydrogens is 487 g/mol. The highest BCUT2D eigenvalue weighted by Gasteiger charge is 2.20. The molecule has 0 aliphatic carbocycles. The highest BCUT2D eigenvalue weighted by Crippen LogP contribution is 2.30. The summed E-state index contributed by atoms with van der Waals surface area (Å²) in [5, 5.41) is 10.4. The second-order valence-corrected chi connectivity index (χ2v) is 7.36. The summed E-state index contributed by atoms with van der Waals surface area (Å²) < 4.78 is 10.9. The Bertz CT molecular complexity index is 747. The molecule has 1 aliphatic rings. The normalized spacial score (nSPS) is 15.0. The Morgan fingerprint density at radius 3 is 2.57 bits per heavy atom. The number of ether oxygens (including phenoxy) is 2. The van der Waals surface area contributed by atoms with Gasteiger partial charge in [0, 0.05) is 38.3 Å². The molecule has 1 saturated heterocycles. The minimum atomic E-state index is 0. The van der Waals surface area contributed by atoms with Crippen LogP contribution in [0.3, 0.4) is 0 Å². The van der Waals surface area contributed by atoms with Gasteiger partial charge >= 0.3 is 0 Å². The van der Waals surface area contributed by atoms with Gasteiger partial charge in [0.05, 0.1) is 19.2 Å². The SMILES string of the molecule is CN=C(NCc1cccc(OC)c1OC)NC1CCN(c2cccs2)CC1.I. The van der Waals surface area contributed by atoms with E-state index in [1.54, 1.807) is 21.3 Å². The molecule has 1 aromatic heterocycles. The van der Waals surface area contributed by atoms with Crippen molar-refractivity contribution in [2.45, 2.75) is 25.4 Å². The molecule has 2 aromatic rings. The van der Waals surface area contributed by atoms with Crippen molar-refractivity contribution in [3.8, 4) is 11.5 Å². The van der Waals surface area contributed by atoms with Crippen molar-refractivity contribution in [2.24, 2.45) is 4.99 Å². The smallest absolute Gasteiger partial charge is 0.191 e. The molecule has 0 atom stereocenters. The van der Waals surface area contributed by atoms with Crippen molar-refractivity contribution in [3.05, 3.63) is 41.3 Å². The lowest BCUT2D eigenvalue weighted by molar-refractivity contribution is 0.351. The maximum atomic E-state index is 5.50. The summed E-state index contributed by atoms with van der Waals surface area (Å²) in [7, 11) is 5.12. The van der Waals surface area contributed by atoms with Gasteiger partial charge in [0.25, 0.3) is 0 Å². The highest BCUT2D eigenvalue weighted by molar-refractivity contribution is 14.0. The zero-order valence-electron chi connectivity index (χ0n) is 16.6. The predicted octanol–water partition coefficient (Wildman–Crippen LogP) is 3.72. The summed E-state index contributed by atoms with van der Waals surface area (Å²) in [4.78, 5) is 6.83. The molecule has 6 nitrogen and oxygen atoms in total. The van der Waals surface area contributed by atoms with E-state index < -0.39 is 0 Å². The Labute approximate surface area is 188 Å². The van der Waals surface area contributed by atoms with E-state index in [1.807, 2.05) is 29.5 Å². The number of thiophene rings is 1. The Kier molecular flexibility index (Phi) is 9.17. The molecule has 3 rings (SSSR count). The maximum Gasteiger partial charge on any atom is 0.191 e. The molecule has 2 heterocycles. The van der Waals surface area contributed by atoms with Crippen LogP contribution in [0.4, 0.5) is 5.00 Å². The Hall–Kier alpha value is -1.68. The third-order valence-electron chi connectivity index (χ3n) is 4.81. The number of guanidine groups is 1. The van der Waals surface area contributed by atoms with Crippen LogP contribution in [0.1, 0.15) is 18.4 Å². The quantitative estimate of drug-likeness (QED) is 0.348. The molecule has 0 unspecified atom stereocenters.